The second-order valence-electron chi connectivity index (χ2n) is 9.77. The van der Waals surface area contributed by atoms with Crippen molar-refractivity contribution in [1.29, 1.82) is 0 Å². The van der Waals surface area contributed by atoms with Crippen molar-refractivity contribution in [2.75, 3.05) is 6.61 Å². The van der Waals surface area contributed by atoms with E-state index in [0.717, 1.165) is 64.2 Å². The fourth-order valence-electron chi connectivity index (χ4n) is 3.75. The zero-order chi connectivity index (χ0) is 28.7. The van der Waals surface area contributed by atoms with Gasteiger partial charge in [-0.25, -0.2) is 0 Å². The summed E-state index contributed by atoms with van der Waals surface area (Å²) in [7, 11) is 0. The number of rotatable bonds is 25. The third kappa shape index (κ3) is 26.9. The van der Waals surface area contributed by atoms with Gasteiger partial charge in [0, 0.05) is 6.42 Å². The van der Waals surface area contributed by atoms with Crippen LogP contribution in [0.15, 0.2) is 85.1 Å². The highest BCUT2D eigenvalue weighted by molar-refractivity contribution is 5.76. The second-order valence-corrected chi connectivity index (χ2v) is 9.77. The number of carbonyl (C=O) groups excluding carboxylic acids is 1. The van der Waals surface area contributed by atoms with Gasteiger partial charge in [-0.3, -0.25) is 4.79 Å². The third-order valence-corrected chi connectivity index (χ3v) is 6.11. The summed E-state index contributed by atoms with van der Waals surface area (Å²) >= 11 is 0. The Morgan fingerprint density at radius 1 is 0.641 bits per heavy atom. The Kier molecular flexibility index (Phi) is 28.2. The average Bonchev–Trinajstić information content (AvgIpc) is 2.94. The van der Waals surface area contributed by atoms with Gasteiger partial charge in [-0.05, 0) is 70.6 Å². The quantitative estimate of drug-likeness (QED) is 0.0803. The molecule has 0 heterocycles. The molecule has 0 aromatic rings. The van der Waals surface area contributed by atoms with Gasteiger partial charge in [-0.1, -0.05) is 118 Å². The van der Waals surface area contributed by atoms with E-state index in [2.05, 4.69) is 92.1 Å². The zero-order valence-corrected chi connectivity index (χ0v) is 24.9. The fraction of sp³-hybridized carbons (Fsp3) is 0.571. The summed E-state index contributed by atoms with van der Waals surface area (Å²) in [5, 5.41) is 22.6. The van der Waals surface area contributed by atoms with Crippen molar-refractivity contribution >= 4 is 5.91 Å². The predicted octanol–water partition coefficient (Wildman–Crippen LogP) is 8.61. The molecule has 3 N–H and O–H groups in total. The number of hydrogen-bond donors (Lipinski definition) is 3. The van der Waals surface area contributed by atoms with Crippen molar-refractivity contribution in [3.05, 3.63) is 85.1 Å². The molecule has 0 aromatic carbocycles. The Morgan fingerprint density at radius 2 is 1.15 bits per heavy atom. The van der Waals surface area contributed by atoms with Crippen LogP contribution >= 0.6 is 0 Å². The first-order valence-corrected chi connectivity index (χ1v) is 15.3. The number of unbranched alkanes of at least 4 members (excludes halogenated alkanes) is 6. The van der Waals surface area contributed by atoms with Crippen molar-refractivity contribution < 1.29 is 15.0 Å². The third-order valence-electron chi connectivity index (χ3n) is 6.11. The summed E-state index contributed by atoms with van der Waals surface area (Å²) in [4.78, 5) is 12.2. The maximum absolute atomic E-state index is 12.2. The van der Waals surface area contributed by atoms with Crippen molar-refractivity contribution in [3.63, 3.8) is 0 Å². The van der Waals surface area contributed by atoms with Crippen LogP contribution in [0.25, 0.3) is 0 Å². The molecule has 0 bridgehead atoms. The summed E-state index contributed by atoms with van der Waals surface area (Å²) in [5.41, 5.74) is 0. The molecular formula is C35H57NO3. The maximum Gasteiger partial charge on any atom is 0.220 e. The van der Waals surface area contributed by atoms with Crippen LogP contribution < -0.4 is 5.32 Å². The van der Waals surface area contributed by atoms with Gasteiger partial charge in [0.2, 0.25) is 5.91 Å². The molecule has 0 saturated carbocycles. The van der Waals surface area contributed by atoms with E-state index in [-0.39, 0.29) is 12.5 Å². The number of aliphatic hydroxyl groups is 2. The lowest BCUT2D eigenvalue weighted by atomic mass is 10.1. The average molecular weight is 540 g/mol. The molecule has 4 nitrogen and oxygen atoms in total. The van der Waals surface area contributed by atoms with Crippen molar-refractivity contribution in [2.45, 2.75) is 122 Å². The monoisotopic (exact) mass is 539 g/mol. The highest BCUT2D eigenvalue weighted by atomic mass is 16.3. The second kappa shape index (κ2) is 30.1. The smallest absolute Gasteiger partial charge is 0.220 e. The van der Waals surface area contributed by atoms with Gasteiger partial charge < -0.3 is 15.5 Å². The number of hydrogen-bond acceptors (Lipinski definition) is 3. The van der Waals surface area contributed by atoms with Crippen molar-refractivity contribution in [3.8, 4) is 0 Å². The van der Waals surface area contributed by atoms with E-state index in [1.165, 1.54) is 25.7 Å². The van der Waals surface area contributed by atoms with E-state index >= 15 is 0 Å². The number of carbonyl (C=O) groups is 1. The summed E-state index contributed by atoms with van der Waals surface area (Å²) < 4.78 is 0. The summed E-state index contributed by atoms with van der Waals surface area (Å²) in [6.07, 6.45) is 43.7. The van der Waals surface area contributed by atoms with E-state index in [1.807, 2.05) is 6.08 Å². The van der Waals surface area contributed by atoms with Crippen molar-refractivity contribution in [2.24, 2.45) is 0 Å². The number of nitrogens with one attached hydrogen (secondary N) is 1. The molecule has 2 unspecified atom stereocenters. The highest BCUT2D eigenvalue weighted by Crippen LogP contribution is 2.05. The van der Waals surface area contributed by atoms with Crippen LogP contribution in [0.4, 0.5) is 0 Å². The molecule has 0 radical (unpaired) electrons. The molecule has 220 valence electrons. The van der Waals surface area contributed by atoms with Crippen LogP contribution in [-0.4, -0.2) is 34.9 Å². The molecule has 0 aliphatic heterocycles. The SMILES string of the molecule is CC/C=C\C/C=C\C/C=C\C/C=C\C/C=C\CCCC(=O)NC(CO)C(O)/C=C/CC/C=C/CCCCCC. The predicted molar refractivity (Wildman–Crippen MR) is 170 cm³/mol. The van der Waals surface area contributed by atoms with Gasteiger partial charge in [0.05, 0.1) is 18.8 Å². The van der Waals surface area contributed by atoms with Gasteiger partial charge in [-0.2, -0.15) is 0 Å². The summed E-state index contributed by atoms with van der Waals surface area (Å²) in [6.45, 7) is 4.08. The molecule has 4 heteroatoms. The standard InChI is InChI=1S/C35H57NO3/c1-3-5-7-9-11-13-15-16-17-18-19-20-21-23-25-27-29-31-35(39)36-33(32-37)34(38)30-28-26-24-22-14-12-10-8-6-4-2/h5,7,11,13-14,16-17,19-20,22-23,25,28,30,33-34,37-38H,3-4,6,8-10,12,15,18,21,24,26-27,29,31-32H2,1-2H3,(H,36,39)/b7-5-,13-11-,17-16-,20-19-,22-14+,25-23-,30-28+. The van der Waals surface area contributed by atoms with Crippen LogP contribution in [-0.2, 0) is 4.79 Å². The molecule has 39 heavy (non-hydrogen) atoms. The summed E-state index contributed by atoms with van der Waals surface area (Å²) in [5.74, 6) is -0.139. The molecule has 0 aliphatic rings. The Morgan fingerprint density at radius 3 is 1.74 bits per heavy atom. The Hall–Kier alpha value is -2.43. The van der Waals surface area contributed by atoms with Crippen molar-refractivity contribution in [1.82, 2.24) is 5.32 Å². The molecular weight excluding hydrogens is 482 g/mol. The Bertz CT molecular complexity index is 758. The molecule has 0 fully saturated rings. The molecule has 0 spiro atoms. The molecule has 0 saturated heterocycles. The van der Waals surface area contributed by atoms with Gasteiger partial charge in [0.1, 0.15) is 0 Å². The van der Waals surface area contributed by atoms with Gasteiger partial charge in [-0.15, -0.1) is 0 Å². The van der Waals surface area contributed by atoms with E-state index < -0.39 is 12.1 Å². The first-order valence-electron chi connectivity index (χ1n) is 15.3. The van der Waals surface area contributed by atoms with Crippen LogP contribution in [0.3, 0.4) is 0 Å². The maximum atomic E-state index is 12.2. The summed E-state index contributed by atoms with van der Waals surface area (Å²) in [6, 6.07) is -0.670. The fourth-order valence-corrected chi connectivity index (χ4v) is 3.75. The number of aliphatic hydroxyl groups excluding tert-OH is 2. The number of allylic oxidation sites excluding steroid dienone is 13. The first-order chi connectivity index (χ1) is 19.2. The highest BCUT2D eigenvalue weighted by Gasteiger charge is 2.17. The number of amides is 1. The van der Waals surface area contributed by atoms with E-state index in [4.69, 9.17) is 0 Å². The van der Waals surface area contributed by atoms with Crippen LogP contribution in [0.1, 0.15) is 110 Å². The Balaban J connectivity index is 3.90. The normalized spacial score (nSPS) is 14.5. The Labute approximate surface area is 240 Å². The molecule has 0 aromatic heterocycles. The topological polar surface area (TPSA) is 69.6 Å². The van der Waals surface area contributed by atoms with E-state index in [1.54, 1.807) is 6.08 Å². The molecule has 0 aliphatic carbocycles. The molecule has 1 amide bonds. The molecule has 0 rings (SSSR count). The first kappa shape index (κ1) is 36.6. The van der Waals surface area contributed by atoms with Gasteiger partial charge in [0.25, 0.3) is 0 Å². The van der Waals surface area contributed by atoms with Crippen LogP contribution in [0.5, 0.6) is 0 Å². The van der Waals surface area contributed by atoms with E-state index in [9.17, 15) is 15.0 Å². The zero-order valence-electron chi connectivity index (χ0n) is 24.9. The van der Waals surface area contributed by atoms with E-state index in [0.29, 0.717) is 6.42 Å². The largest absolute Gasteiger partial charge is 0.394 e. The van der Waals surface area contributed by atoms with Gasteiger partial charge >= 0.3 is 0 Å². The minimum Gasteiger partial charge on any atom is -0.394 e. The minimum absolute atomic E-state index is 0.139. The molecule has 2 atom stereocenters. The lowest BCUT2D eigenvalue weighted by Crippen LogP contribution is -2.45. The van der Waals surface area contributed by atoms with Crippen LogP contribution in [0, 0.1) is 0 Å². The lowest BCUT2D eigenvalue weighted by molar-refractivity contribution is -0.122. The van der Waals surface area contributed by atoms with Crippen LogP contribution in [0.2, 0.25) is 0 Å². The minimum atomic E-state index is -0.886. The lowest BCUT2D eigenvalue weighted by Gasteiger charge is -2.19. The van der Waals surface area contributed by atoms with Gasteiger partial charge in [0.15, 0.2) is 0 Å².